The second-order valence-corrected chi connectivity index (χ2v) is 12.9. The number of aromatic nitrogens is 6. The molecule has 4 aromatic rings. The molecule has 218 valence electrons. The van der Waals surface area contributed by atoms with Gasteiger partial charge in [0.15, 0.2) is 23.2 Å². The SMILES string of the molecule is CC1O[C@H]2[C@@H](O)[C@H](n3cnc4c(N)nc(O)nc43)O[C@@H]2CN1[C@H]1C[C@@H](CCc2nc3cc(C(C)(C)C)ccc3[nH]2)C1. The van der Waals surface area contributed by atoms with Crippen molar-refractivity contribution in [2.24, 2.45) is 5.92 Å². The molecule has 1 saturated carbocycles. The highest BCUT2D eigenvalue weighted by atomic mass is 16.6. The number of anilines is 1. The molecule has 41 heavy (non-hydrogen) atoms. The summed E-state index contributed by atoms with van der Waals surface area (Å²) in [6.45, 7) is 9.39. The van der Waals surface area contributed by atoms with Crippen molar-refractivity contribution >= 4 is 28.0 Å². The Morgan fingerprint density at radius 2 is 1.95 bits per heavy atom. The number of aliphatic hydroxyl groups is 1. The molecular formula is C29H38N8O4. The summed E-state index contributed by atoms with van der Waals surface area (Å²) in [6.07, 6.45) is 3.17. The number of nitrogens with two attached hydrogens (primary N) is 1. The van der Waals surface area contributed by atoms with Crippen LogP contribution in [0.2, 0.25) is 0 Å². The Hall–Kier alpha value is -3.32. The van der Waals surface area contributed by atoms with Crippen LogP contribution in [-0.2, 0) is 21.3 Å². The summed E-state index contributed by atoms with van der Waals surface area (Å²) in [7, 11) is 0. The van der Waals surface area contributed by atoms with Crippen molar-refractivity contribution in [3.8, 4) is 6.01 Å². The molecule has 3 fully saturated rings. The lowest BCUT2D eigenvalue weighted by Gasteiger charge is -2.49. The lowest BCUT2D eigenvalue weighted by molar-refractivity contribution is -0.199. The first-order valence-corrected chi connectivity index (χ1v) is 14.5. The maximum absolute atomic E-state index is 11.1. The quantitative estimate of drug-likeness (QED) is 0.285. The van der Waals surface area contributed by atoms with Crippen molar-refractivity contribution < 1.29 is 19.7 Å². The molecule has 1 aromatic carbocycles. The number of aromatic hydroxyl groups is 1. The van der Waals surface area contributed by atoms with Gasteiger partial charge in [-0.25, -0.2) is 9.97 Å². The van der Waals surface area contributed by atoms with E-state index in [2.05, 4.69) is 63.8 Å². The first-order chi connectivity index (χ1) is 19.5. The minimum atomic E-state index is -0.919. The fraction of sp³-hybridized carbons (Fsp3) is 0.586. The van der Waals surface area contributed by atoms with Gasteiger partial charge in [0.25, 0.3) is 0 Å². The zero-order valence-corrected chi connectivity index (χ0v) is 23.9. The number of aromatic amines is 1. The number of aryl methyl sites for hydroxylation is 1. The van der Waals surface area contributed by atoms with Crippen LogP contribution in [0.25, 0.3) is 22.2 Å². The monoisotopic (exact) mass is 562 g/mol. The van der Waals surface area contributed by atoms with Gasteiger partial charge in [-0.15, -0.1) is 0 Å². The van der Waals surface area contributed by atoms with Crippen LogP contribution in [0.3, 0.4) is 0 Å². The van der Waals surface area contributed by atoms with Crippen LogP contribution < -0.4 is 5.73 Å². The van der Waals surface area contributed by atoms with Crippen molar-refractivity contribution in [2.75, 3.05) is 12.3 Å². The average molecular weight is 563 g/mol. The third-order valence-corrected chi connectivity index (χ3v) is 9.10. The number of nitrogen functional groups attached to an aromatic ring is 1. The summed E-state index contributed by atoms with van der Waals surface area (Å²) < 4.78 is 14.2. The predicted octanol–water partition coefficient (Wildman–Crippen LogP) is 3.00. The number of rotatable bonds is 5. The molecular weight excluding hydrogens is 524 g/mol. The molecule has 7 rings (SSSR count). The Morgan fingerprint density at radius 1 is 1.15 bits per heavy atom. The number of hydrogen-bond acceptors (Lipinski definition) is 10. The summed E-state index contributed by atoms with van der Waals surface area (Å²) in [4.78, 5) is 22.8. The van der Waals surface area contributed by atoms with Gasteiger partial charge in [-0.2, -0.15) is 9.97 Å². The third-order valence-electron chi connectivity index (χ3n) is 9.10. The van der Waals surface area contributed by atoms with Gasteiger partial charge in [-0.3, -0.25) is 9.47 Å². The van der Waals surface area contributed by atoms with Gasteiger partial charge in [0.1, 0.15) is 30.4 Å². The number of nitrogens with one attached hydrogen (secondary N) is 1. The number of ether oxygens (including phenoxy) is 2. The fourth-order valence-corrected chi connectivity index (χ4v) is 6.68. The van der Waals surface area contributed by atoms with Gasteiger partial charge in [0, 0.05) is 19.0 Å². The van der Waals surface area contributed by atoms with Crippen LogP contribution in [-0.4, -0.2) is 81.7 Å². The van der Waals surface area contributed by atoms with E-state index in [-0.39, 0.29) is 23.6 Å². The van der Waals surface area contributed by atoms with Crippen molar-refractivity contribution in [1.82, 2.24) is 34.4 Å². The minimum Gasteiger partial charge on any atom is -0.479 e. The van der Waals surface area contributed by atoms with Crippen LogP contribution in [0.1, 0.15) is 64.6 Å². The number of fused-ring (bicyclic) bond motifs is 3. The lowest BCUT2D eigenvalue weighted by atomic mass is 9.76. The first kappa shape index (κ1) is 26.6. The molecule has 5 atom stereocenters. The molecule has 5 heterocycles. The molecule has 2 aliphatic heterocycles. The first-order valence-electron chi connectivity index (χ1n) is 14.5. The van der Waals surface area contributed by atoms with Crippen LogP contribution in [0.15, 0.2) is 24.5 Å². The maximum atomic E-state index is 11.1. The van der Waals surface area contributed by atoms with E-state index in [9.17, 15) is 10.2 Å². The van der Waals surface area contributed by atoms with E-state index >= 15 is 0 Å². The molecule has 0 spiro atoms. The van der Waals surface area contributed by atoms with Gasteiger partial charge in [0.2, 0.25) is 0 Å². The van der Waals surface area contributed by atoms with E-state index in [0.29, 0.717) is 29.7 Å². The van der Waals surface area contributed by atoms with Gasteiger partial charge < -0.3 is 30.4 Å². The van der Waals surface area contributed by atoms with E-state index in [1.165, 1.54) is 11.9 Å². The van der Waals surface area contributed by atoms with Crippen LogP contribution >= 0.6 is 0 Å². The molecule has 1 unspecified atom stereocenters. The molecule has 3 aliphatic rings. The molecule has 0 amide bonds. The molecule has 5 N–H and O–H groups in total. The van der Waals surface area contributed by atoms with Gasteiger partial charge in [-0.05, 0) is 55.2 Å². The Morgan fingerprint density at radius 3 is 2.73 bits per heavy atom. The molecule has 3 aromatic heterocycles. The Kier molecular flexibility index (Phi) is 6.23. The predicted molar refractivity (Wildman–Crippen MR) is 152 cm³/mol. The minimum absolute atomic E-state index is 0.0710. The molecule has 12 heteroatoms. The maximum Gasteiger partial charge on any atom is 0.317 e. The van der Waals surface area contributed by atoms with Crippen molar-refractivity contribution in [2.45, 2.75) is 95.6 Å². The van der Waals surface area contributed by atoms with E-state index < -0.39 is 24.4 Å². The number of nitrogens with zero attached hydrogens (tertiary/aromatic N) is 6. The highest BCUT2D eigenvalue weighted by Gasteiger charge is 2.52. The number of H-pyrrole nitrogens is 1. The zero-order chi connectivity index (χ0) is 28.6. The van der Waals surface area contributed by atoms with E-state index in [4.69, 9.17) is 20.2 Å². The van der Waals surface area contributed by atoms with Crippen LogP contribution in [0, 0.1) is 5.92 Å². The molecule has 12 nitrogen and oxygen atoms in total. The van der Waals surface area contributed by atoms with Gasteiger partial charge >= 0.3 is 6.01 Å². The Labute approximate surface area is 237 Å². The third kappa shape index (κ3) is 4.62. The van der Waals surface area contributed by atoms with Crippen LogP contribution in [0.5, 0.6) is 6.01 Å². The largest absolute Gasteiger partial charge is 0.479 e. The normalized spacial score (nSPS) is 30.6. The highest BCUT2D eigenvalue weighted by molar-refractivity contribution is 5.82. The second-order valence-electron chi connectivity index (χ2n) is 12.9. The summed E-state index contributed by atoms with van der Waals surface area (Å²) in [5.41, 5.74) is 10.1. The smallest absolute Gasteiger partial charge is 0.317 e. The summed E-state index contributed by atoms with van der Waals surface area (Å²) in [5.74, 6) is 1.77. The highest BCUT2D eigenvalue weighted by Crippen LogP contribution is 2.42. The van der Waals surface area contributed by atoms with Crippen molar-refractivity contribution in [3.05, 3.63) is 35.9 Å². The van der Waals surface area contributed by atoms with Crippen molar-refractivity contribution in [3.63, 3.8) is 0 Å². The van der Waals surface area contributed by atoms with Gasteiger partial charge in [-0.1, -0.05) is 26.8 Å². The fourth-order valence-electron chi connectivity index (χ4n) is 6.68. The average Bonchev–Trinajstić information content (AvgIpc) is 3.57. The van der Waals surface area contributed by atoms with E-state index in [0.717, 1.165) is 42.5 Å². The zero-order valence-electron chi connectivity index (χ0n) is 23.9. The Balaban J connectivity index is 0.966. The van der Waals surface area contributed by atoms with E-state index in [1.807, 2.05) is 6.92 Å². The second kappa shape index (κ2) is 9.62. The number of imidazole rings is 2. The van der Waals surface area contributed by atoms with Crippen molar-refractivity contribution in [1.29, 1.82) is 0 Å². The number of benzene rings is 1. The van der Waals surface area contributed by atoms with E-state index in [1.54, 1.807) is 4.57 Å². The summed E-state index contributed by atoms with van der Waals surface area (Å²) >= 11 is 0. The Bertz CT molecular complexity index is 1590. The molecule has 1 aliphatic carbocycles. The summed E-state index contributed by atoms with van der Waals surface area (Å²) in [6, 6.07) is 6.50. The lowest BCUT2D eigenvalue weighted by Crippen LogP contribution is -2.59. The molecule has 2 saturated heterocycles. The molecule has 0 radical (unpaired) electrons. The molecule has 0 bridgehead atoms. The van der Waals surface area contributed by atoms with Crippen LogP contribution in [0.4, 0.5) is 5.82 Å². The number of aliphatic hydroxyl groups excluding tert-OH is 1. The number of hydrogen-bond donors (Lipinski definition) is 4. The summed E-state index contributed by atoms with van der Waals surface area (Å²) in [5, 5.41) is 21.0. The topological polar surface area (TPSA) is 160 Å². The standard InChI is InChI=1S/C29H38N8O4/c1-14-36(17-9-15(10-17)5-8-21-32-18-7-6-16(29(2,3)4)11-19(18)33-21)12-20-24(40-14)23(38)27(41-20)37-13-31-22-25(30)34-28(39)35-26(22)37/h6-7,11,13-15,17,20,23-24,27,38H,5,8-10,12H2,1-4H3,(H,32,33)(H3,30,34,35,39)/t14?,15-,17+,20-,23-,24-,27-/m1/s1. The van der Waals surface area contributed by atoms with Gasteiger partial charge in [0.05, 0.1) is 17.4 Å².